The second-order valence-electron chi connectivity index (χ2n) is 6.43. The third-order valence-electron chi connectivity index (χ3n) is 4.70. The smallest absolute Gasteiger partial charge is 0.113 e. The summed E-state index contributed by atoms with van der Waals surface area (Å²) in [5, 5.41) is 23.5. The maximum absolute atomic E-state index is 10.0. The number of nitrogens with one attached hydrogen (secondary N) is 1. The van der Waals surface area contributed by atoms with Gasteiger partial charge in [-0.2, -0.15) is 0 Å². The van der Waals surface area contributed by atoms with E-state index in [0.717, 1.165) is 32.2 Å². The van der Waals surface area contributed by atoms with Crippen molar-refractivity contribution in [3.8, 4) is 0 Å². The van der Waals surface area contributed by atoms with Crippen molar-refractivity contribution in [2.24, 2.45) is 5.92 Å². The highest BCUT2D eigenvalue weighted by atomic mass is 16.5. The molecule has 0 radical (unpaired) electrons. The van der Waals surface area contributed by atoms with Gasteiger partial charge in [-0.15, -0.1) is 0 Å². The predicted octanol–water partition coefficient (Wildman–Crippen LogP) is 0.512. The first kappa shape index (κ1) is 15.2. The largest absolute Gasteiger partial charge is 0.390 e. The minimum atomic E-state index is -0.759. The fourth-order valence-corrected chi connectivity index (χ4v) is 3.36. The van der Waals surface area contributed by atoms with Gasteiger partial charge in [0.2, 0.25) is 0 Å². The number of methoxy groups -OCH3 is 1. The number of rotatable bonds is 3. The molecule has 5 nitrogen and oxygen atoms in total. The van der Waals surface area contributed by atoms with Gasteiger partial charge >= 0.3 is 0 Å². The standard InChI is InChI=1S/C14H28N2O3/c1-14(2,18)16-7-6-11(15-9-16)10-4-5-13(19-3)12(17)8-10/h10-13,15,17-18H,4-9H2,1-3H3. The average Bonchev–Trinajstić information content (AvgIpc) is 2.38. The van der Waals surface area contributed by atoms with E-state index in [-0.39, 0.29) is 12.2 Å². The van der Waals surface area contributed by atoms with Crippen LogP contribution in [0.4, 0.5) is 0 Å². The van der Waals surface area contributed by atoms with E-state index in [2.05, 4.69) is 5.32 Å². The number of nitrogens with zero attached hydrogens (tertiary/aromatic N) is 1. The highest BCUT2D eigenvalue weighted by Gasteiger charge is 2.36. The molecule has 5 heteroatoms. The van der Waals surface area contributed by atoms with Crippen LogP contribution in [-0.2, 0) is 4.74 Å². The van der Waals surface area contributed by atoms with E-state index in [9.17, 15) is 10.2 Å². The number of aliphatic hydroxyl groups excluding tert-OH is 1. The minimum absolute atomic E-state index is 0.00714. The molecule has 112 valence electrons. The predicted molar refractivity (Wildman–Crippen MR) is 73.6 cm³/mol. The second kappa shape index (κ2) is 6.06. The SMILES string of the molecule is COC1CCC(C2CCN(C(C)(C)O)CN2)CC1O. The molecule has 19 heavy (non-hydrogen) atoms. The van der Waals surface area contributed by atoms with Gasteiger partial charge < -0.3 is 20.3 Å². The molecule has 0 aromatic rings. The highest BCUT2D eigenvalue weighted by molar-refractivity contribution is 4.90. The molecule has 2 rings (SSSR count). The molecule has 1 saturated heterocycles. The van der Waals surface area contributed by atoms with Crippen LogP contribution in [0.15, 0.2) is 0 Å². The first-order valence-electron chi connectivity index (χ1n) is 7.33. The molecule has 4 unspecified atom stereocenters. The zero-order valence-corrected chi connectivity index (χ0v) is 12.3. The normalized spacial score (nSPS) is 38.4. The van der Waals surface area contributed by atoms with Crippen molar-refractivity contribution in [1.82, 2.24) is 10.2 Å². The maximum Gasteiger partial charge on any atom is 0.113 e. The number of aliphatic hydroxyl groups is 2. The molecule has 0 amide bonds. The van der Waals surface area contributed by atoms with Gasteiger partial charge in [-0.3, -0.25) is 4.90 Å². The molecule has 0 bridgehead atoms. The van der Waals surface area contributed by atoms with Crippen molar-refractivity contribution in [3.63, 3.8) is 0 Å². The Balaban J connectivity index is 1.82. The topological polar surface area (TPSA) is 65.0 Å². The number of hydrogen-bond acceptors (Lipinski definition) is 5. The summed E-state index contributed by atoms with van der Waals surface area (Å²) in [7, 11) is 1.67. The lowest BCUT2D eigenvalue weighted by Crippen LogP contribution is -2.58. The van der Waals surface area contributed by atoms with Crippen LogP contribution >= 0.6 is 0 Å². The van der Waals surface area contributed by atoms with Gasteiger partial charge in [0, 0.05) is 19.7 Å². The Morgan fingerprint density at radius 1 is 1.26 bits per heavy atom. The maximum atomic E-state index is 10.0. The summed E-state index contributed by atoms with van der Waals surface area (Å²) in [4.78, 5) is 2.04. The Labute approximate surface area is 115 Å². The van der Waals surface area contributed by atoms with Crippen LogP contribution in [-0.4, -0.2) is 59.4 Å². The summed E-state index contributed by atoms with van der Waals surface area (Å²) in [6.45, 7) is 5.26. The molecule has 3 N–H and O–H groups in total. The van der Waals surface area contributed by atoms with Crippen molar-refractivity contribution in [3.05, 3.63) is 0 Å². The van der Waals surface area contributed by atoms with E-state index < -0.39 is 5.72 Å². The number of hydrogen-bond donors (Lipinski definition) is 3. The molecule has 1 aliphatic heterocycles. The van der Waals surface area contributed by atoms with Crippen LogP contribution in [0.2, 0.25) is 0 Å². The third-order valence-corrected chi connectivity index (χ3v) is 4.70. The molecule has 1 heterocycles. The van der Waals surface area contributed by atoms with Gasteiger partial charge in [0.15, 0.2) is 0 Å². The van der Waals surface area contributed by atoms with Crippen LogP contribution < -0.4 is 5.32 Å². The van der Waals surface area contributed by atoms with Crippen molar-refractivity contribution < 1.29 is 14.9 Å². The summed E-state index contributed by atoms with van der Waals surface area (Å²) in [6, 6.07) is 0.450. The molecular weight excluding hydrogens is 244 g/mol. The Hall–Kier alpha value is -0.200. The fourth-order valence-electron chi connectivity index (χ4n) is 3.36. The molecule has 1 saturated carbocycles. The third kappa shape index (κ3) is 3.67. The van der Waals surface area contributed by atoms with Gasteiger partial charge in [0.05, 0.1) is 18.9 Å². The summed E-state index contributed by atoms with van der Waals surface area (Å²) in [5.41, 5.74) is -0.759. The fraction of sp³-hybridized carbons (Fsp3) is 1.00. The minimum Gasteiger partial charge on any atom is -0.390 e. The Morgan fingerprint density at radius 2 is 2.00 bits per heavy atom. The molecule has 4 atom stereocenters. The summed E-state index contributed by atoms with van der Waals surface area (Å²) in [6.07, 6.45) is 3.56. The first-order chi connectivity index (χ1) is 8.91. The van der Waals surface area contributed by atoms with E-state index in [4.69, 9.17) is 4.74 Å². The van der Waals surface area contributed by atoms with Gasteiger partial charge in [0.1, 0.15) is 5.72 Å². The second-order valence-corrected chi connectivity index (χ2v) is 6.43. The Morgan fingerprint density at radius 3 is 2.47 bits per heavy atom. The van der Waals surface area contributed by atoms with E-state index in [1.165, 1.54) is 0 Å². The lowest BCUT2D eigenvalue weighted by molar-refractivity contribution is -0.102. The van der Waals surface area contributed by atoms with Gasteiger partial charge in [0.25, 0.3) is 0 Å². The van der Waals surface area contributed by atoms with Crippen LogP contribution in [0, 0.1) is 5.92 Å². The molecule has 0 spiro atoms. The van der Waals surface area contributed by atoms with Crippen molar-refractivity contribution in [2.45, 2.75) is 63.5 Å². The van der Waals surface area contributed by atoms with Gasteiger partial charge in [-0.05, 0) is 45.4 Å². The van der Waals surface area contributed by atoms with Crippen LogP contribution in [0.25, 0.3) is 0 Å². The lowest BCUT2D eigenvalue weighted by Gasteiger charge is -2.44. The van der Waals surface area contributed by atoms with E-state index >= 15 is 0 Å². The van der Waals surface area contributed by atoms with Crippen LogP contribution in [0.3, 0.4) is 0 Å². The monoisotopic (exact) mass is 272 g/mol. The zero-order valence-electron chi connectivity index (χ0n) is 12.3. The van der Waals surface area contributed by atoms with Gasteiger partial charge in [-0.25, -0.2) is 0 Å². The molecule has 0 aromatic carbocycles. The zero-order chi connectivity index (χ0) is 14.0. The van der Waals surface area contributed by atoms with E-state index in [1.807, 2.05) is 18.7 Å². The van der Waals surface area contributed by atoms with Crippen molar-refractivity contribution in [1.29, 1.82) is 0 Å². The summed E-state index contributed by atoms with van der Waals surface area (Å²) in [5.74, 6) is 0.519. The average molecular weight is 272 g/mol. The highest BCUT2D eigenvalue weighted by Crippen LogP contribution is 2.31. The molecule has 2 fully saturated rings. The lowest BCUT2D eigenvalue weighted by atomic mass is 9.79. The van der Waals surface area contributed by atoms with Crippen LogP contribution in [0.5, 0.6) is 0 Å². The quantitative estimate of drug-likeness (QED) is 0.699. The van der Waals surface area contributed by atoms with Gasteiger partial charge in [-0.1, -0.05) is 0 Å². The summed E-state index contributed by atoms with van der Waals surface area (Å²) < 4.78 is 5.29. The molecule has 1 aliphatic carbocycles. The van der Waals surface area contributed by atoms with Crippen molar-refractivity contribution >= 4 is 0 Å². The Bertz CT molecular complexity index is 285. The number of ether oxygens (including phenoxy) is 1. The van der Waals surface area contributed by atoms with E-state index in [1.54, 1.807) is 7.11 Å². The summed E-state index contributed by atoms with van der Waals surface area (Å²) >= 11 is 0. The van der Waals surface area contributed by atoms with E-state index in [0.29, 0.717) is 18.6 Å². The molecular formula is C14H28N2O3. The first-order valence-corrected chi connectivity index (χ1v) is 7.33. The van der Waals surface area contributed by atoms with Crippen molar-refractivity contribution in [2.75, 3.05) is 20.3 Å². The molecule has 2 aliphatic rings. The van der Waals surface area contributed by atoms with Crippen LogP contribution in [0.1, 0.15) is 39.5 Å². The molecule has 0 aromatic heterocycles. The Kier molecular flexibility index (Phi) is 4.84.